The first kappa shape index (κ1) is 10.3. The number of aliphatic hydroxyl groups is 1. The molecule has 0 radical (unpaired) electrons. The first-order valence-electron chi connectivity index (χ1n) is 2.48. The van der Waals surface area contributed by atoms with Crippen molar-refractivity contribution in [3.05, 3.63) is 12.7 Å². The van der Waals surface area contributed by atoms with Crippen LogP contribution in [-0.4, -0.2) is 23.3 Å². The van der Waals surface area contributed by atoms with Gasteiger partial charge in [0, 0.05) is 0 Å². The Balaban J connectivity index is 4.58. The van der Waals surface area contributed by atoms with Crippen LogP contribution in [-0.2, 0) is 0 Å². The van der Waals surface area contributed by atoms with E-state index in [-0.39, 0.29) is 6.08 Å². The van der Waals surface area contributed by atoms with Gasteiger partial charge in [-0.2, -0.15) is 22.0 Å². The summed E-state index contributed by atoms with van der Waals surface area (Å²) in [5.74, 6) is -5.12. The molecule has 0 spiro atoms. The molecule has 0 aromatic rings. The second-order valence-corrected chi connectivity index (χ2v) is 1.80. The van der Waals surface area contributed by atoms with Gasteiger partial charge in [0.05, 0.1) is 0 Å². The number of hydrogen-bond donors (Lipinski definition) is 1. The molecule has 0 aliphatic heterocycles. The van der Waals surface area contributed by atoms with Gasteiger partial charge in [0.1, 0.15) is 6.10 Å². The smallest absolute Gasteiger partial charge is 0.382 e. The summed E-state index contributed by atoms with van der Waals surface area (Å²) in [4.78, 5) is 0. The molecule has 1 unspecified atom stereocenters. The Hall–Kier alpha value is -0.650. The minimum atomic E-state index is -5.74. The molecule has 0 saturated carbocycles. The molecule has 0 amide bonds. The Morgan fingerprint density at radius 1 is 1.18 bits per heavy atom. The molecule has 0 rings (SSSR count). The van der Waals surface area contributed by atoms with E-state index in [4.69, 9.17) is 5.11 Å². The molecule has 1 nitrogen and oxygen atoms in total. The largest absolute Gasteiger partial charge is 0.456 e. The van der Waals surface area contributed by atoms with E-state index < -0.39 is 18.2 Å². The van der Waals surface area contributed by atoms with Gasteiger partial charge in [-0.1, -0.05) is 6.08 Å². The van der Waals surface area contributed by atoms with E-state index >= 15 is 0 Å². The molecule has 1 atom stereocenters. The van der Waals surface area contributed by atoms with Crippen LogP contribution < -0.4 is 0 Å². The van der Waals surface area contributed by atoms with Gasteiger partial charge in [-0.05, 0) is 0 Å². The lowest BCUT2D eigenvalue weighted by Crippen LogP contribution is -2.45. The highest BCUT2D eigenvalue weighted by atomic mass is 19.4. The summed E-state index contributed by atoms with van der Waals surface area (Å²) >= 11 is 0. The van der Waals surface area contributed by atoms with Crippen molar-refractivity contribution >= 4 is 0 Å². The molecule has 66 valence electrons. The number of rotatable bonds is 2. The van der Waals surface area contributed by atoms with Gasteiger partial charge < -0.3 is 5.11 Å². The Morgan fingerprint density at radius 2 is 1.55 bits per heavy atom. The molecule has 0 aromatic heterocycles. The monoisotopic (exact) mass is 176 g/mol. The summed E-state index contributed by atoms with van der Waals surface area (Å²) in [6, 6.07) is 0. The van der Waals surface area contributed by atoms with E-state index in [0.29, 0.717) is 0 Å². The van der Waals surface area contributed by atoms with Crippen molar-refractivity contribution in [3.63, 3.8) is 0 Å². The van der Waals surface area contributed by atoms with Crippen LogP contribution in [0.25, 0.3) is 0 Å². The number of hydrogen-bond acceptors (Lipinski definition) is 1. The quantitative estimate of drug-likeness (QED) is 0.501. The van der Waals surface area contributed by atoms with E-state index in [2.05, 4.69) is 6.58 Å². The second kappa shape index (κ2) is 2.77. The fourth-order valence-electron chi connectivity index (χ4n) is 0.316. The highest BCUT2D eigenvalue weighted by Gasteiger charge is 2.61. The van der Waals surface area contributed by atoms with Crippen LogP contribution in [0, 0.1) is 0 Å². The molecule has 0 fully saturated rings. The van der Waals surface area contributed by atoms with Crippen molar-refractivity contribution in [1.82, 2.24) is 0 Å². The molecule has 0 aliphatic carbocycles. The van der Waals surface area contributed by atoms with Crippen molar-refractivity contribution in [1.29, 1.82) is 0 Å². The molecular formula is C5H5F5O. The second-order valence-electron chi connectivity index (χ2n) is 1.80. The maximum Gasteiger partial charge on any atom is 0.456 e. The van der Waals surface area contributed by atoms with Crippen LogP contribution in [0.5, 0.6) is 0 Å². The Labute approximate surface area is 59.1 Å². The molecule has 1 N–H and O–H groups in total. The van der Waals surface area contributed by atoms with Gasteiger partial charge >= 0.3 is 12.1 Å². The predicted octanol–water partition coefficient (Wildman–Crippen LogP) is 1.73. The van der Waals surface area contributed by atoms with Gasteiger partial charge in [0.2, 0.25) is 0 Å². The van der Waals surface area contributed by atoms with Crippen molar-refractivity contribution in [3.8, 4) is 0 Å². The number of alkyl halides is 5. The molecule has 6 heteroatoms. The lowest BCUT2D eigenvalue weighted by atomic mass is 10.2. The molecule has 0 bridgehead atoms. The average molecular weight is 176 g/mol. The molecule has 0 aromatic carbocycles. The lowest BCUT2D eigenvalue weighted by molar-refractivity contribution is -0.305. The van der Waals surface area contributed by atoms with E-state index in [0.717, 1.165) is 0 Å². The fraction of sp³-hybridized carbons (Fsp3) is 0.600. The first-order chi connectivity index (χ1) is 4.73. The zero-order chi connectivity index (χ0) is 9.28. The zero-order valence-corrected chi connectivity index (χ0v) is 5.20. The van der Waals surface area contributed by atoms with Crippen LogP contribution in [0.4, 0.5) is 22.0 Å². The van der Waals surface area contributed by atoms with Crippen LogP contribution in [0.2, 0.25) is 0 Å². The predicted molar refractivity (Wildman–Crippen MR) is 27.2 cm³/mol. The van der Waals surface area contributed by atoms with E-state index in [1.165, 1.54) is 0 Å². The van der Waals surface area contributed by atoms with E-state index in [9.17, 15) is 22.0 Å². The minimum Gasteiger partial charge on any atom is -0.382 e. The van der Waals surface area contributed by atoms with Crippen LogP contribution in [0.15, 0.2) is 12.7 Å². The normalized spacial score (nSPS) is 16.2. The van der Waals surface area contributed by atoms with Gasteiger partial charge in [0.25, 0.3) is 0 Å². The first-order valence-corrected chi connectivity index (χ1v) is 2.48. The highest BCUT2D eigenvalue weighted by Crippen LogP contribution is 2.38. The summed E-state index contributed by atoms with van der Waals surface area (Å²) in [6.07, 6.45) is -8.49. The average Bonchev–Trinajstić information content (AvgIpc) is 1.83. The van der Waals surface area contributed by atoms with Crippen LogP contribution in [0.3, 0.4) is 0 Å². The van der Waals surface area contributed by atoms with E-state index in [1.807, 2.05) is 0 Å². The van der Waals surface area contributed by atoms with Crippen molar-refractivity contribution in [2.75, 3.05) is 0 Å². The van der Waals surface area contributed by atoms with Crippen LogP contribution in [0.1, 0.15) is 0 Å². The standard InChI is InChI=1S/C5H5F5O/c1-2-3(11)4(6,7)5(8,9)10/h2-3,11H,1H2. The van der Waals surface area contributed by atoms with Gasteiger partial charge in [0.15, 0.2) is 0 Å². The van der Waals surface area contributed by atoms with Crippen molar-refractivity contribution in [2.45, 2.75) is 18.2 Å². The third-order valence-corrected chi connectivity index (χ3v) is 0.973. The number of halogens is 5. The molecular weight excluding hydrogens is 171 g/mol. The highest BCUT2D eigenvalue weighted by molar-refractivity contribution is 4.94. The third kappa shape index (κ3) is 1.89. The third-order valence-electron chi connectivity index (χ3n) is 0.973. The summed E-state index contributed by atoms with van der Waals surface area (Å²) in [7, 11) is 0. The van der Waals surface area contributed by atoms with Crippen LogP contribution >= 0.6 is 0 Å². The number of aliphatic hydroxyl groups excluding tert-OH is 1. The molecule has 0 heterocycles. The maximum atomic E-state index is 11.9. The van der Waals surface area contributed by atoms with Crippen molar-refractivity contribution in [2.24, 2.45) is 0 Å². The summed E-state index contributed by atoms with van der Waals surface area (Å²) in [5.41, 5.74) is 0. The Morgan fingerprint density at radius 3 is 1.64 bits per heavy atom. The lowest BCUT2D eigenvalue weighted by Gasteiger charge is -2.22. The zero-order valence-electron chi connectivity index (χ0n) is 5.20. The van der Waals surface area contributed by atoms with Gasteiger partial charge in [-0.3, -0.25) is 0 Å². The summed E-state index contributed by atoms with van der Waals surface area (Å²) < 4.78 is 57.7. The van der Waals surface area contributed by atoms with E-state index in [1.54, 1.807) is 0 Å². The molecule has 0 aliphatic rings. The Kier molecular flexibility index (Phi) is 2.60. The maximum absolute atomic E-state index is 11.9. The van der Waals surface area contributed by atoms with Gasteiger partial charge in [-0.25, -0.2) is 0 Å². The summed E-state index contributed by atoms with van der Waals surface area (Å²) in [5, 5.41) is 8.13. The topological polar surface area (TPSA) is 20.2 Å². The SMILES string of the molecule is C=CC(O)C(F)(F)C(F)(F)F. The molecule has 11 heavy (non-hydrogen) atoms. The van der Waals surface area contributed by atoms with Gasteiger partial charge in [-0.15, -0.1) is 6.58 Å². The fourth-order valence-corrected chi connectivity index (χ4v) is 0.316. The minimum absolute atomic E-state index is 0.132. The molecule has 0 saturated heterocycles. The van der Waals surface area contributed by atoms with Crippen molar-refractivity contribution < 1.29 is 27.1 Å². The summed E-state index contributed by atoms with van der Waals surface area (Å²) in [6.45, 7) is 2.61. The Bertz CT molecular complexity index is 149.